The molecule has 2 aliphatic heterocycles. The zero-order valence-corrected chi connectivity index (χ0v) is 9.60. The largest absolute Gasteiger partial charge is 0.346 e. The third kappa shape index (κ3) is 1.53. The zero-order valence-electron chi connectivity index (χ0n) is 9.60. The summed E-state index contributed by atoms with van der Waals surface area (Å²) in [6.45, 7) is 0.781. The highest BCUT2D eigenvalue weighted by molar-refractivity contribution is 6.06. The number of anilines is 1. The van der Waals surface area contributed by atoms with Gasteiger partial charge in [-0.05, 0) is 12.5 Å². The minimum absolute atomic E-state index is 0.0915. The molecule has 0 spiro atoms. The van der Waals surface area contributed by atoms with Crippen LogP contribution in [-0.4, -0.2) is 30.7 Å². The second kappa shape index (κ2) is 3.73. The van der Waals surface area contributed by atoms with E-state index in [4.69, 9.17) is 0 Å². The lowest BCUT2D eigenvalue weighted by Gasteiger charge is -2.16. The molecule has 4 heteroatoms. The van der Waals surface area contributed by atoms with Gasteiger partial charge in [0.25, 0.3) is 5.91 Å². The van der Waals surface area contributed by atoms with Gasteiger partial charge in [-0.15, -0.1) is 0 Å². The van der Waals surface area contributed by atoms with Crippen molar-refractivity contribution in [2.75, 3.05) is 18.9 Å². The summed E-state index contributed by atoms with van der Waals surface area (Å²) < 4.78 is 0. The van der Waals surface area contributed by atoms with Gasteiger partial charge in [-0.25, -0.2) is 4.99 Å². The summed E-state index contributed by atoms with van der Waals surface area (Å²) in [6.07, 6.45) is 2.42. The van der Waals surface area contributed by atoms with E-state index in [1.807, 2.05) is 31.3 Å². The van der Waals surface area contributed by atoms with Crippen LogP contribution in [0.15, 0.2) is 34.8 Å². The lowest BCUT2D eigenvalue weighted by atomic mass is 10.0. The fourth-order valence-corrected chi connectivity index (χ4v) is 2.23. The number of likely N-dealkylation sites (tertiary alicyclic amines) is 1. The van der Waals surface area contributed by atoms with Crippen LogP contribution in [0.5, 0.6) is 0 Å². The quantitative estimate of drug-likeness (QED) is 0.686. The first-order chi connectivity index (χ1) is 8.27. The number of carbonyl (C=O) groups is 1. The number of hydrogen-bond donors (Lipinski definition) is 1. The van der Waals surface area contributed by atoms with Gasteiger partial charge in [-0.2, -0.15) is 0 Å². The molecule has 2 heterocycles. The van der Waals surface area contributed by atoms with Crippen LogP contribution in [0.1, 0.15) is 12.0 Å². The van der Waals surface area contributed by atoms with Gasteiger partial charge >= 0.3 is 0 Å². The van der Waals surface area contributed by atoms with Crippen molar-refractivity contribution in [2.24, 2.45) is 4.99 Å². The second-order valence-electron chi connectivity index (χ2n) is 4.25. The first-order valence-corrected chi connectivity index (χ1v) is 5.64. The minimum atomic E-state index is 0.0915. The third-order valence-electron chi connectivity index (χ3n) is 3.18. The summed E-state index contributed by atoms with van der Waals surface area (Å²) in [5.41, 5.74) is 3.65. The molecule has 0 bridgehead atoms. The van der Waals surface area contributed by atoms with E-state index in [1.165, 1.54) is 0 Å². The van der Waals surface area contributed by atoms with Crippen LogP contribution in [0, 0.1) is 0 Å². The van der Waals surface area contributed by atoms with E-state index < -0.39 is 0 Å². The summed E-state index contributed by atoms with van der Waals surface area (Å²) in [7, 11) is 1.83. The van der Waals surface area contributed by atoms with Crippen molar-refractivity contribution < 1.29 is 4.79 Å². The van der Waals surface area contributed by atoms with Crippen molar-refractivity contribution in [3.8, 4) is 0 Å². The van der Waals surface area contributed by atoms with Gasteiger partial charge in [0.1, 0.15) is 0 Å². The number of aliphatic imine (C=N–C) groups is 1. The predicted octanol–water partition coefficient (Wildman–Crippen LogP) is 1.71. The Labute approximate surface area is 99.7 Å². The van der Waals surface area contributed by atoms with Gasteiger partial charge in [0, 0.05) is 30.4 Å². The zero-order chi connectivity index (χ0) is 11.8. The molecule has 1 aromatic rings. The molecule has 2 aliphatic rings. The Bertz CT molecular complexity index is 545. The van der Waals surface area contributed by atoms with E-state index in [0.29, 0.717) is 0 Å². The molecule has 1 amide bonds. The van der Waals surface area contributed by atoms with E-state index in [2.05, 4.69) is 10.3 Å². The van der Waals surface area contributed by atoms with E-state index in [-0.39, 0.29) is 5.91 Å². The van der Waals surface area contributed by atoms with Gasteiger partial charge < -0.3 is 10.2 Å². The summed E-state index contributed by atoms with van der Waals surface area (Å²) >= 11 is 0. The van der Waals surface area contributed by atoms with Crippen LogP contribution in [0.4, 0.5) is 5.69 Å². The maximum absolute atomic E-state index is 12.0. The number of nitrogens with zero attached hydrogens (tertiary/aromatic N) is 2. The van der Waals surface area contributed by atoms with Crippen molar-refractivity contribution in [1.82, 2.24) is 4.90 Å². The highest BCUT2D eigenvalue weighted by atomic mass is 16.2. The fourth-order valence-electron chi connectivity index (χ4n) is 2.23. The molecule has 0 unspecified atom stereocenters. The van der Waals surface area contributed by atoms with Crippen LogP contribution in [0.3, 0.4) is 0 Å². The topological polar surface area (TPSA) is 44.7 Å². The molecular formula is C13H13N3O. The van der Waals surface area contributed by atoms with Gasteiger partial charge in [0.15, 0.2) is 0 Å². The molecule has 0 saturated carbocycles. The molecule has 1 N–H and O–H groups in total. The predicted molar refractivity (Wildman–Crippen MR) is 67.7 cm³/mol. The van der Waals surface area contributed by atoms with Crippen molar-refractivity contribution in [3.63, 3.8) is 0 Å². The molecule has 1 saturated heterocycles. The Kier molecular flexibility index (Phi) is 2.21. The Morgan fingerprint density at radius 3 is 2.94 bits per heavy atom. The Morgan fingerprint density at radius 2 is 2.18 bits per heavy atom. The van der Waals surface area contributed by atoms with Crippen molar-refractivity contribution in [3.05, 3.63) is 35.4 Å². The van der Waals surface area contributed by atoms with Crippen molar-refractivity contribution in [2.45, 2.75) is 6.42 Å². The van der Waals surface area contributed by atoms with Crippen molar-refractivity contribution >= 4 is 23.6 Å². The number of likely N-dealkylation sites (N-methyl/N-ethyl adjacent to an activating group) is 1. The van der Waals surface area contributed by atoms with Crippen molar-refractivity contribution in [1.29, 1.82) is 0 Å². The average Bonchev–Trinajstić information content (AvgIpc) is 2.69. The Morgan fingerprint density at radius 1 is 1.35 bits per heavy atom. The van der Waals surface area contributed by atoms with E-state index >= 15 is 0 Å². The molecule has 0 atom stereocenters. The summed E-state index contributed by atoms with van der Waals surface area (Å²) in [5.74, 6) is 0.0915. The monoisotopic (exact) mass is 227 g/mol. The molecule has 0 aliphatic carbocycles. The van der Waals surface area contributed by atoms with E-state index in [0.717, 1.165) is 35.5 Å². The van der Waals surface area contributed by atoms with Crippen LogP contribution in [0.2, 0.25) is 0 Å². The highest BCUT2D eigenvalue weighted by Gasteiger charge is 2.27. The van der Waals surface area contributed by atoms with Crippen LogP contribution in [0.25, 0.3) is 5.70 Å². The number of nitrogens with one attached hydrogen (secondary N) is 1. The number of amides is 1. The molecular weight excluding hydrogens is 214 g/mol. The number of benzene rings is 1. The average molecular weight is 227 g/mol. The Hall–Kier alpha value is -2.10. The van der Waals surface area contributed by atoms with Gasteiger partial charge in [-0.3, -0.25) is 4.79 Å². The smallest absolute Gasteiger partial charge is 0.251 e. The van der Waals surface area contributed by atoms with E-state index in [9.17, 15) is 4.79 Å². The lowest BCUT2D eigenvalue weighted by molar-refractivity contribution is -0.123. The number of para-hydroxylation sites is 1. The molecule has 17 heavy (non-hydrogen) atoms. The lowest BCUT2D eigenvalue weighted by Crippen LogP contribution is -2.19. The molecule has 1 aromatic carbocycles. The fraction of sp³-hybridized carbons (Fsp3) is 0.231. The van der Waals surface area contributed by atoms with Gasteiger partial charge in [0.05, 0.1) is 12.0 Å². The normalized spacial score (nSPS) is 22.6. The summed E-state index contributed by atoms with van der Waals surface area (Å²) in [4.78, 5) is 18.1. The SMILES string of the molecule is CN1CCC(=C2N=CNc3ccccc32)C1=O. The minimum Gasteiger partial charge on any atom is -0.346 e. The Balaban J connectivity index is 2.16. The van der Waals surface area contributed by atoms with E-state index in [1.54, 1.807) is 11.2 Å². The first kappa shape index (κ1) is 10.1. The maximum Gasteiger partial charge on any atom is 0.251 e. The molecule has 1 fully saturated rings. The molecule has 4 nitrogen and oxygen atoms in total. The van der Waals surface area contributed by atoms with Gasteiger partial charge in [0.2, 0.25) is 0 Å². The number of hydrogen-bond acceptors (Lipinski definition) is 3. The summed E-state index contributed by atoms with van der Waals surface area (Å²) in [5, 5.41) is 3.09. The molecule has 3 rings (SSSR count). The molecule has 86 valence electrons. The first-order valence-electron chi connectivity index (χ1n) is 5.64. The number of rotatable bonds is 0. The maximum atomic E-state index is 12.0. The number of fused-ring (bicyclic) bond motifs is 1. The van der Waals surface area contributed by atoms with Crippen LogP contribution >= 0.6 is 0 Å². The third-order valence-corrected chi connectivity index (χ3v) is 3.18. The highest BCUT2D eigenvalue weighted by Crippen LogP contribution is 2.33. The summed E-state index contributed by atoms with van der Waals surface area (Å²) in [6, 6.07) is 7.91. The van der Waals surface area contributed by atoms with Crippen LogP contribution in [-0.2, 0) is 4.79 Å². The standard InChI is InChI=1S/C13H13N3O/c1-16-7-6-10(13(16)17)12-9-4-2-3-5-11(9)14-8-15-12/h2-5,8H,6-7H2,1H3,(H,14,15). The number of carbonyl (C=O) groups excluding carboxylic acids is 1. The van der Waals surface area contributed by atoms with Crippen LogP contribution < -0.4 is 5.32 Å². The second-order valence-corrected chi connectivity index (χ2v) is 4.25. The van der Waals surface area contributed by atoms with Gasteiger partial charge in [-0.1, -0.05) is 18.2 Å². The molecule has 0 aromatic heterocycles. The molecule has 0 radical (unpaired) electrons.